The Balaban J connectivity index is 1.93. The summed E-state index contributed by atoms with van der Waals surface area (Å²) in [6, 6.07) is 2.04. The van der Waals surface area contributed by atoms with Crippen LogP contribution in [0.25, 0.3) is 0 Å². The van der Waals surface area contributed by atoms with Crippen LogP contribution in [0.5, 0.6) is 0 Å². The van der Waals surface area contributed by atoms with Crippen molar-refractivity contribution in [1.29, 1.82) is 0 Å². The minimum Gasteiger partial charge on any atom is -0.478 e. The molecule has 1 aliphatic rings. The Bertz CT molecular complexity index is 1050. The number of aromatic carboxylic acids is 1. The van der Waals surface area contributed by atoms with Gasteiger partial charge in [0.2, 0.25) is 0 Å². The molecule has 1 amide bonds. The number of carbonyl (C=O) groups is 2. The van der Waals surface area contributed by atoms with Gasteiger partial charge >= 0.3 is 12.1 Å². The molecule has 174 valence electrons. The first-order chi connectivity index (χ1) is 15.0. The number of amides is 1. The summed E-state index contributed by atoms with van der Waals surface area (Å²) in [5.74, 6) is -1.17. The number of carboxylic acid groups (broad SMARTS) is 1. The largest absolute Gasteiger partial charge is 0.478 e. The van der Waals surface area contributed by atoms with E-state index in [-0.39, 0.29) is 29.7 Å². The average molecular weight is 464 g/mol. The molecule has 1 fully saturated rings. The fourth-order valence-corrected chi connectivity index (χ4v) is 4.96. The minimum absolute atomic E-state index is 0.0106. The van der Waals surface area contributed by atoms with Gasteiger partial charge in [0.15, 0.2) is 0 Å². The number of ether oxygens (including phenoxy) is 1. The van der Waals surface area contributed by atoms with E-state index in [1.165, 1.54) is 34.2 Å². The lowest BCUT2D eigenvalue weighted by Gasteiger charge is -2.36. The summed E-state index contributed by atoms with van der Waals surface area (Å²) in [7, 11) is 0. The number of thiazole rings is 1. The molecular weight excluding hydrogens is 434 g/mol. The van der Waals surface area contributed by atoms with Crippen LogP contribution in [0.2, 0.25) is 0 Å². The number of aryl methyl sites for hydroxylation is 1. The van der Waals surface area contributed by atoms with Crippen LogP contribution < -0.4 is 5.56 Å². The van der Waals surface area contributed by atoms with Crippen LogP contribution in [0.4, 0.5) is 4.79 Å². The monoisotopic (exact) mass is 463 g/mol. The van der Waals surface area contributed by atoms with Gasteiger partial charge in [-0.15, -0.1) is 11.3 Å². The summed E-state index contributed by atoms with van der Waals surface area (Å²) in [6.45, 7) is 8.01. The number of rotatable bonds is 5. The number of aliphatic hydroxyl groups excluding tert-OH is 1. The van der Waals surface area contributed by atoms with Crippen LogP contribution in [-0.2, 0) is 11.3 Å². The smallest absolute Gasteiger partial charge is 0.410 e. The van der Waals surface area contributed by atoms with Crippen molar-refractivity contribution < 1.29 is 24.5 Å². The fraction of sp³-hybridized carbons (Fsp3) is 0.545. The zero-order valence-corrected chi connectivity index (χ0v) is 19.5. The Morgan fingerprint density at radius 2 is 1.94 bits per heavy atom. The van der Waals surface area contributed by atoms with Crippen molar-refractivity contribution in [3.05, 3.63) is 49.8 Å². The summed E-state index contributed by atoms with van der Waals surface area (Å²) in [6.07, 6.45) is 2.18. The van der Waals surface area contributed by atoms with Gasteiger partial charge in [0.05, 0.1) is 28.8 Å². The molecule has 0 aliphatic carbocycles. The van der Waals surface area contributed by atoms with Gasteiger partial charge in [-0.05, 0) is 52.5 Å². The predicted molar refractivity (Wildman–Crippen MR) is 119 cm³/mol. The van der Waals surface area contributed by atoms with E-state index in [0.29, 0.717) is 41.5 Å². The number of carbonyl (C=O) groups excluding carboxylic acids is 1. The van der Waals surface area contributed by atoms with E-state index in [2.05, 4.69) is 4.98 Å². The molecule has 2 aromatic rings. The van der Waals surface area contributed by atoms with Gasteiger partial charge in [0.1, 0.15) is 10.6 Å². The Morgan fingerprint density at radius 1 is 1.28 bits per heavy atom. The summed E-state index contributed by atoms with van der Waals surface area (Å²) < 4.78 is 6.89. The van der Waals surface area contributed by atoms with Crippen LogP contribution in [0.3, 0.4) is 0 Å². The maximum Gasteiger partial charge on any atom is 0.410 e. The van der Waals surface area contributed by atoms with Gasteiger partial charge < -0.3 is 24.4 Å². The molecule has 3 heterocycles. The molecule has 1 atom stereocenters. The van der Waals surface area contributed by atoms with E-state index in [4.69, 9.17) is 4.74 Å². The van der Waals surface area contributed by atoms with Crippen LogP contribution >= 0.6 is 11.3 Å². The van der Waals surface area contributed by atoms with Gasteiger partial charge in [-0.2, -0.15) is 0 Å². The van der Waals surface area contributed by atoms with Gasteiger partial charge in [-0.1, -0.05) is 0 Å². The van der Waals surface area contributed by atoms with Gasteiger partial charge in [0, 0.05) is 25.4 Å². The highest BCUT2D eigenvalue weighted by Crippen LogP contribution is 2.37. The molecule has 9 nitrogen and oxygen atoms in total. The number of carboxylic acids is 1. The molecule has 1 aliphatic heterocycles. The molecule has 0 bridgehead atoms. The van der Waals surface area contributed by atoms with Gasteiger partial charge in [0.25, 0.3) is 5.56 Å². The third-order valence-corrected chi connectivity index (χ3v) is 6.64. The Kier molecular flexibility index (Phi) is 7.04. The molecule has 10 heteroatoms. The van der Waals surface area contributed by atoms with Crippen LogP contribution in [-0.4, -0.2) is 55.4 Å². The predicted octanol–water partition coefficient (Wildman–Crippen LogP) is 3.04. The van der Waals surface area contributed by atoms with Gasteiger partial charge in [-0.25, -0.2) is 14.6 Å². The van der Waals surface area contributed by atoms with E-state index in [1.807, 2.05) is 20.8 Å². The van der Waals surface area contributed by atoms with E-state index < -0.39 is 17.6 Å². The number of likely N-dealkylation sites (tertiary alicyclic amines) is 1. The fourth-order valence-electron chi connectivity index (χ4n) is 3.84. The lowest BCUT2D eigenvalue weighted by Crippen LogP contribution is -2.44. The highest BCUT2D eigenvalue weighted by atomic mass is 32.1. The lowest BCUT2D eigenvalue weighted by atomic mass is 9.89. The Morgan fingerprint density at radius 3 is 2.47 bits per heavy atom. The first-order valence-electron chi connectivity index (χ1n) is 10.5. The standard InChI is InChI=1S/C22H29N3O6S/c1-13-16(12-26)32-19(23-13)18(25-11-15(20(28)29)5-6-17(25)27)14-7-9-24(10-8-14)21(30)31-22(2,3)4/h5-6,11,14,18,26H,7-10,12H2,1-4H3,(H,28,29)/t18-/m1/s1. The van der Waals surface area contributed by atoms with Crippen LogP contribution in [0.1, 0.15) is 65.6 Å². The Labute approximate surface area is 190 Å². The van der Waals surface area contributed by atoms with Crippen molar-refractivity contribution in [2.24, 2.45) is 5.92 Å². The minimum atomic E-state index is -1.12. The molecule has 0 radical (unpaired) electrons. The van der Waals surface area contributed by atoms with Crippen LogP contribution in [0, 0.1) is 12.8 Å². The van der Waals surface area contributed by atoms with E-state index >= 15 is 0 Å². The normalized spacial score (nSPS) is 16.1. The number of hydrogen-bond donors (Lipinski definition) is 2. The number of pyridine rings is 1. The maximum atomic E-state index is 12.8. The topological polar surface area (TPSA) is 122 Å². The number of aliphatic hydroxyl groups is 1. The quantitative estimate of drug-likeness (QED) is 0.699. The molecule has 0 saturated carbocycles. The summed E-state index contributed by atoms with van der Waals surface area (Å²) in [4.78, 5) is 43.7. The van der Waals surface area contributed by atoms with E-state index in [1.54, 1.807) is 11.8 Å². The molecule has 0 unspecified atom stereocenters. The van der Waals surface area contributed by atoms with Crippen molar-refractivity contribution in [1.82, 2.24) is 14.5 Å². The zero-order chi connectivity index (χ0) is 23.6. The second-order valence-corrected chi connectivity index (χ2v) is 10.1. The average Bonchev–Trinajstić information content (AvgIpc) is 3.08. The lowest BCUT2D eigenvalue weighted by molar-refractivity contribution is 0.0168. The van der Waals surface area contributed by atoms with Crippen molar-refractivity contribution in [3.8, 4) is 0 Å². The van der Waals surface area contributed by atoms with E-state index in [0.717, 1.165) is 0 Å². The highest BCUT2D eigenvalue weighted by Gasteiger charge is 2.34. The number of piperidine rings is 1. The summed E-state index contributed by atoms with van der Waals surface area (Å²) in [5.41, 5.74) is -0.212. The SMILES string of the molecule is Cc1nc([C@@H](C2CCN(C(=O)OC(C)(C)C)CC2)n2cc(C(=O)O)ccc2=O)sc1CO. The number of aromatic nitrogens is 2. The number of nitrogens with zero attached hydrogens (tertiary/aromatic N) is 3. The first-order valence-corrected chi connectivity index (χ1v) is 11.3. The molecule has 0 spiro atoms. The molecule has 32 heavy (non-hydrogen) atoms. The first kappa shape index (κ1) is 23.9. The van der Waals surface area contributed by atoms with Crippen molar-refractivity contribution in [2.45, 2.75) is 58.8 Å². The maximum absolute atomic E-state index is 12.8. The zero-order valence-electron chi connectivity index (χ0n) is 18.7. The molecule has 0 aromatic carbocycles. The van der Waals surface area contributed by atoms with Crippen molar-refractivity contribution in [3.63, 3.8) is 0 Å². The van der Waals surface area contributed by atoms with Crippen molar-refractivity contribution in [2.75, 3.05) is 13.1 Å². The van der Waals surface area contributed by atoms with Crippen molar-refractivity contribution >= 4 is 23.4 Å². The molecule has 3 rings (SSSR count). The molecule has 2 N–H and O–H groups in total. The second kappa shape index (κ2) is 9.41. The Hall–Kier alpha value is -2.72. The number of hydrogen-bond acceptors (Lipinski definition) is 7. The summed E-state index contributed by atoms with van der Waals surface area (Å²) >= 11 is 1.32. The van der Waals surface area contributed by atoms with Crippen LogP contribution in [0.15, 0.2) is 23.1 Å². The molecule has 1 saturated heterocycles. The third-order valence-electron chi connectivity index (χ3n) is 5.43. The molecular formula is C22H29N3O6S. The highest BCUT2D eigenvalue weighted by molar-refractivity contribution is 7.11. The second-order valence-electron chi connectivity index (χ2n) is 8.94. The van der Waals surface area contributed by atoms with E-state index in [9.17, 15) is 24.6 Å². The third kappa shape index (κ3) is 5.36. The summed E-state index contributed by atoms with van der Waals surface area (Å²) in [5, 5.41) is 19.7. The molecule has 2 aromatic heterocycles. The van der Waals surface area contributed by atoms with Gasteiger partial charge in [-0.3, -0.25) is 4.79 Å².